The van der Waals surface area contributed by atoms with Crippen molar-refractivity contribution >= 4 is 22.6 Å². The van der Waals surface area contributed by atoms with Crippen molar-refractivity contribution in [1.29, 1.82) is 0 Å². The fourth-order valence-corrected chi connectivity index (χ4v) is 4.74. The zero-order chi connectivity index (χ0) is 25.5. The first-order valence-electron chi connectivity index (χ1n) is 11.2. The summed E-state index contributed by atoms with van der Waals surface area (Å²) in [5.41, 5.74) is -0.285. The molecule has 4 rings (SSSR count). The van der Waals surface area contributed by atoms with Crippen LogP contribution in [0.3, 0.4) is 0 Å². The van der Waals surface area contributed by atoms with Gasteiger partial charge in [0.05, 0.1) is 22.9 Å². The van der Waals surface area contributed by atoms with E-state index in [1.807, 2.05) is 6.07 Å². The maximum Gasteiger partial charge on any atom is 0.422 e. The summed E-state index contributed by atoms with van der Waals surface area (Å²) >= 11 is 0. The van der Waals surface area contributed by atoms with Crippen LogP contribution in [0.5, 0.6) is 0 Å². The number of piperazine rings is 1. The summed E-state index contributed by atoms with van der Waals surface area (Å²) in [5.74, 6) is -0.240. The lowest BCUT2D eigenvalue weighted by atomic mass is 9.97. The van der Waals surface area contributed by atoms with Gasteiger partial charge in [0.15, 0.2) is 0 Å². The molecular weight excluding hydrogens is 461 g/mol. The summed E-state index contributed by atoms with van der Waals surface area (Å²) in [4.78, 5) is 39.2. The number of halogens is 3. The molecule has 0 radical (unpaired) electrons. The van der Waals surface area contributed by atoms with Gasteiger partial charge in [-0.1, -0.05) is 0 Å². The van der Waals surface area contributed by atoms with Gasteiger partial charge in [0.2, 0.25) is 0 Å². The highest BCUT2D eigenvalue weighted by atomic mass is 19.4. The summed E-state index contributed by atoms with van der Waals surface area (Å²) < 4.78 is 39.7. The molecule has 11 heteroatoms. The molecule has 1 aliphatic rings. The van der Waals surface area contributed by atoms with E-state index >= 15 is 0 Å². The summed E-state index contributed by atoms with van der Waals surface area (Å²) in [6.07, 6.45) is -1.48. The maximum absolute atomic E-state index is 13.2. The average molecular weight is 489 g/mol. The van der Waals surface area contributed by atoms with Crippen LogP contribution in [-0.4, -0.2) is 58.0 Å². The lowest BCUT2D eigenvalue weighted by molar-refractivity contribution is -0.139. The van der Waals surface area contributed by atoms with Crippen molar-refractivity contribution in [2.75, 3.05) is 31.6 Å². The molecule has 1 aliphatic heterocycles. The summed E-state index contributed by atoms with van der Waals surface area (Å²) in [7, 11) is 1.56. The third kappa shape index (κ3) is 4.86. The van der Waals surface area contributed by atoms with E-state index in [4.69, 9.17) is 0 Å². The second kappa shape index (κ2) is 8.95. The number of rotatable bonds is 4. The first kappa shape index (κ1) is 24.6. The molecule has 4 heterocycles. The molecule has 0 spiro atoms. The molecular formula is C24H27F3N6O2. The van der Waals surface area contributed by atoms with Crippen LogP contribution in [0.4, 0.5) is 18.9 Å². The molecule has 186 valence electrons. The Kier molecular flexibility index (Phi) is 6.31. The van der Waals surface area contributed by atoms with Crippen molar-refractivity contribution in [3.05, 3.63) is 63.3 Å². The number of hydrogen-bond acceptors (Lipinski definition) is 6. The number of pyridine rings is 3. The predicted octanol–water partition coefficient (Wildman–Crippen LogP) is 3.11. The summed E-state index contributed by atoms with van der Waals surface area (Å²) in [6.45, 7) is 8.21. The van der Waals surface area contributed by atoms with Crippen LogP contribution in [-0.2, 0) is 12.7 Å². The molecule has 8 nitrogen and oxygen atoms in total. The van der Waals surface area contributed by atoms with Crippen LogP contribution in [0.15, 0.2) is 35.4 Å². The molecule has 0 atom stereocenters. The zero-order valence-electron chi connectivity index (χ0n) is 20.0. The van der Waals surface area contributed by atoms with Crippen molar-refractivity contribution < 1.29 is 18.0 Å². The molecule has 0 aromatic carbocycles. The number of alkyl halides is 3. The lowest BCUT2D eigenvalue weighted by Gasteiger charge is -2.48. The van der Waals surface area contributed by atoms with E-state index in [2.05, 4.69) is 43.9 Å². The highest BCUT2D eigenvalue weighted by molar-refractivity contribution is 5.92. The first-order valence-corrected chi connectivity index (χ1v) is 11.2. The monoisotopic (exact) mass is 488 g/mol. The Labute approximate surface area is 200 Å². The van der Waals surface area contributed by atoms with Crippen LogP contribution in [0, 0.1) is 6.92 Å². The van der Waals surface area contributed by atoms with Crippen molar-refractivity contribution in [3.63, 3.8) is 0 Å². The molecule has 1 amide bonds. The third-order valence-electron chi connectivity index (χ3n) is 6.34. The number of nitrogens with one attached hydrogen (secondary N) is 2. The zero-order valence-corrected chi connectivity index (χ0v) is 20.0. The van der Waals surface area contributed by atoms with Crippen LogP contribution < -0.4 is 15.8 Å². The Balaban J connectivity index is 1.51. The molecule has 1 saturated heterocycles. The Morgan fingerprint density at radius 3 is 2.54 bits per heavy atom. The molecule has 0 saturated carbocycles. The second-order valence-corrected chi connectivity index (χ2v) is 9.35. The van der Waals surface area contributed by atoms with Gasteiger partial charge in [0.25, 0.3) is 11.5 Å². The molecule has 0 aliphatic carbocycles. The first-order chi connectivity index (χ1) is 16.4. The number of hydrogen-bond donors (Lipinski definition) is 2. The van der Waals surface area contributed by atoms with E-state index in [-0.39, 0.29) is 28.0 Å². The third-order valence-corrected chi connectivity index (χ3v) is 6.34. The van der Waals surface area contributed by atoms with Crippen molar-refractivity contribution in [1.82, 2.24) is 25.2 Å². The quantitative estimate of drug-likeness (QED) is 0.586. The van der Waals surface area contributed by atoms with Gasteiger partial charge in [0, 0.05) is 45.0 Å². The second-order valence-electron chi connectivity index (χ2n) is 9.35. The van der Waals surface area contributed by atoms with Gasteiger partial charge < -0.3 is 15.2 Å². The Morgan fingerprint density at radius 2 is 1.94 bits per heavy atom. The normalized spacial score (nSPS) is 16.5. The maximum atomic E-state index is 13.2. The highest BCUT2D eigenvalue weighted by Crippen LogP contribution is 2.32. The van der Waals surface area contributed by atoms with E-state index in [0.717, 1.165) is 24.3 Å². The molecule has 2 N–H and O–H groups in total. The lowest BCUT2D eigenvalue weighted by Crippen LogP contribution is -2.59. The van der Waals surface area contributed by atoms with Crippen LogP contribution in [0.2, 0.25) is 0 Å². The van der Waals surface area contributed by atoms with E-state index in [1.165, 1.54) is 6.92 Å². The largest absolute Gasteiger partial charge is 0.422 e. The smallest absolute Gasteiger partial charge is 0.363 e. The number of aromatic nitrogens is 3. The molecule has 3 aromatic heterocycles. The van der Waals surface area contributed by atoms with Crippen molar-refractivity contribution in [2.45, 2.75) is 39.0 Å². The SMILES string of the molecule is CNC(=O)c1ccc(N2CCN(Cc3cnc4c(C)c(C(F)(F)F)c(=O)[nH]c4c3)CC2(C)C)cn1. The van der Waals surface area contributed by atoms with Crippen molar-refractivity contribution in [3.8, 4) is 0 Å². The van der Waals surface area contributed by atoms with Gasteiger partial charge in [-0.15, -0.1) is 0 Å². The summed E-state index contributed by atoms with van der Waals surface area (Å²) in [6, 6.07) is 5.28. The van der Waals surface area contributed by atoms with Crippen LogP contribution >= 0.6 is 0 Å². The minimum absolute atomic E-state index is 0.138. The summed E-state index contributed by atoms with van der Waals surface area (Å²) in [5, 5.41) is 2.56. The number of aromatic amines is 1. The Morgan fingerprint density at radius 1 is 1.20 bits per heavy atom. The van der Waals surface area contributed by atoms with E-state index in [1.54, 1.807) is 31.6 Å². The number of fused-ring (bicyclic) bond motifs is 1. The van der Waals surface area contributed by atoms with E-state index in [9.17, 15) is 22.8 Å². The topological polar surface area (TPSA) is 94.2 Å². The standard InChI is InChI=1S/C24H27F3N6O2/c1-14-19(24(25,26)27)22(35)31-18-9-15(10-30-20(14)18)12-32-7-8-33(23(2,3)13-32)16-5-6-17(29-11-16)21(34)28-4/h5-6,9-11H,7-8,12-13H2,1-4H3,(H,28,34)(H,31,35). The Hall–Kier alpha value is -3.47. The van der Waals surface area contributed by atoms with E-state index < -0.39 is 17.3 Å². The fraction of sp³-hybridized carbons (Fsp3) is 0.417. The molecule has 3 aromatic rings. The van der Waals surface area contributed by atoms with Gasteiger partial charge in [0.1, 0.15) is 11.3 Å². The minimum atomic E-state index is -4.74. The number of amides is 1. The predicted molar refractivity (Wildman–Crippen MR) is 126 cm³/mol. The Bertz CT molecular complexity index is 1320. The number of nitrogens with zero attached hydrogens (tertiary/aromatic N) is 4. The molecule has 1 fully saturated rings. The van der Waals surface area contributed by atoms with Gasteiger partial charge in [-0.3, -0.25) is 19.5 Å². The molecule has 35 heavy (non-hydrogen) atoms. The molecule has 0 unspecified atom stereocenters. The number of carbonyl (C=O) groups excluding carboxylic acids is 1. The van der Waals surface area contributed by atoms with Gasteiger partial charge in [-0.25, -0.2) is 4.98 Å². The van der Waals surface area contributed by atoms with Gasteiger partial charge in [-0.05, 0) is 50.1 Å². The average Bonchev–Trinajstić information content (AvgIpc) is 2.77. The number of anilines is 1. The van der Waals surface area contributed by atoms with E-state index in [0.29, 0.717) is 18.8 Å². The van der Waals surface area contributed by atoms with Gasteiger partial charge in [-0.2, -0.15) is 13.2 Å². The number of carbonyl (C=O) groups is 1. The fourth-order valence-electron chi connectivity index (χ4n) is 4.74. The molecule has 0 bridgehead atoms. The van der Waals surface area contributed by atoms with Crippen LogP contribution in [0.25, 0.3) is 11.0 Å². The number of aryl methyl sites for hydroxylation is 1. The van der Waals surface area contributed by atoms with Gasteiger partial charge >= 0.3 is 6.18 Å². The number of H-pyrrole nitrogens is 1. The van der Waals surface area contributed by atoms with Crippen molar-refractivity contribution in [2.24, 2.45) is 0 Å². The highest BCUT2D eigenvalue weighted by Gasteiger charge is 2.37. The minimum Gasteiger partial charge on any atom is -0.363 e. The van der Waals surface area contributed by atoms with Crippen LogP contribution in [0.1, 0.15) is 41.0 Å².